The number of aliphatic hydroxyl groups excluding tert-OH is 1. The number of likely N-dealkylation sites (tertiary alicyclic amines) is 1. The van der Waals surface area contributed by atoms with Crippen LogP contribution in [-0.2, 0) is 19.1 Å². The van der Waals surface area contributed by atoms with Crippen molar-refractivity contribution in [3.8, 4) is 0 Å². The highest BCUT2D eigenvalue weighted by atomic mass is 32.2. The molecule has 3 saturated heterocycles. The summed E-state index contributed by atoms with van der Waals surface area (Å²) in [5.41, 5.74) is -0.446. The Bertz CT molecular complexity index is 824. The van der Waals surface area contributed by atoms with Gasteiger partial charge in [0.05, 0.1) is 16.6 Å². The Balaban J connectivity index is 2.04. The molecule has 6 atom stereocenters. The van der Waals surface area contributed by atoms with Gasteiger partial charge in [-0.2, -0.15) is 0 Å². The van der Waals surface area contributed by atoms with E-state index in [1.807, 2.05) is 20.8 Å². The van der Waals surface area contributed by atoms with E-state index in [0.717, 1.165) is 12.8 Å². The average molecular weight is 493 g/mol. The summed E-state index contributed by atoms with van der Waals surface area (Å²) in [5, 5.41) is 9.14. The Morgan fingerprint density at radius 3 is 2.56 bits per heavy atom. The Morgan fingerprint density at radius 1 is 1.26 bits per heavy atom. The molecule has 3 aliphatic heterocycles. The van der Waals surface area contributed by atoms with E-state index >= 15 is 0 Å². The van der Waals surface area contributed by atoms with E-state index in [9.17, 15) is 19.5 Å². The number of fused-ring (bicyclic) bond motifs is 1. The minimum atomic E-state index is -0.654. The van der Waals surface area contributed by atoms with Gasteiger partial charge in [0, 0.05) is 30.5 Å². The molecular weight excluding hydrogens is 452 g/mol. The molecule has 3 aliphatic rings. The summed E-state index contributed by atoms with van der Waals surface area (Å²) < 4.78 is 4.77. The number of thioether (sulfide) groups is 1. The number of hydrogen-bond acceptors (Lipinski definition) is 6. The maximum absolute atomic E-state index is 14.2. The molecule has 2 bridgehead atoms. The number of esters is 1. The molecule has 3 heterocycles. The molecule has 0 aromatic carbocycles. The average Bonchev–Trinajstić information content (AvgIpc) is 3.36. The predicted octanol–water partition coefficient (Wildman–Crippen LogP) is 3.03. The van der Waals surface area contributed by atoms with Gasteiger partial charge in [-0.05, 0) is 52.4 Å². The summed E-state index contributed by atoms with van der Waals surface area (Å²) in [6, 6.07) is -0.638. The van der Waals surface area contributed by atoms with Crippen molar-refractivity contribution >= 4 is 29.5 Å². The van der Waals surface area contributed by atoms with Gasteiger partial charge in [-0.15, -0.1) is 18.3 Å². The highest BCUT2D eigenvalue weighted by molar-refractivity contribution is 8.02. The van der Waals surface area contributed by atoms with Crippen molar-refractivity contribution in [1.82, 2.24) is 9.80 Å². The number of aliphatic hydroxyl groups is 1. The topological polar surface area (TPSA) is 87.2 Å². The van der Waals surface area contributed by atoms with Crippen LogP contribution >= 0.6 is 11.8 Å². The van der Waals surface area contributed by atoms with Crippen LogP contribution in [0.2, 0.25) is 0 Å². The maximum atomic E-state index is 14.2. The zero-order valence-corrected chi connectivity index (χ0v) is 21.8. The number of carbonyl (C=O) groups excluding carboxylic acids is 3. The molecule has 34 heavy (non-hydrogen) atoms. The van der Waals surface area contributed by atoms with Gasteiger partial charge >= 0.3 is 5.97 Å². The Kier molecular flexibility index (Phi) is 8.23. The van der Waals surface area contributed by atoms with E-state index in [-0.39, 0.29) is 42.2 Å². The van der Waals surface area contributed by atoms with Gasteiger partial charge < -0.3 is 19.6 Å². The number of nitrogens with zero attached hydrogens (tertiary/aromatic N) is 2. The van der Waals surface area contributed by atoms with Crippen LogP contribution in [0.5, 0.6) is 0 Å². The number of carbonyl (C=O) groups is 3. The molecule has 3 rings (SSSR count). The Morgan fingerprint density at radius 2 is 1.97 bits per heavy atom. The standard InChI is InChI=1S/C26H40N2O5S/c1-7-12-28(25(4,5)6)23(31)21-26-17(3)16-18(34-26)19(24(32)33-15-8-2)20(26)22(30)27(21)13-10-9-11-14-29/h7-8,17-21,29H,1-2,9-16H2,3-6H3/t17?,18-,19+,20-,21?,26?/m0/s1. The third-order valence-electron chi connectivity index (χ3n) is 7.54. The first-order valence-corrected chi connectivity index (χ1v) is 13.2. The lowest BCUT2D eigenvalue weighted by Gasteiger charge is -2.44. The molecule has 0 aromatic rings. The number of amides is 2. The van der Waals surface area contributed by atoms with E-state index in [1.165, 1.54) is 6.08 Å². The number of hydrogen-bond donors (Lipinski definition) is 1. The smallest absolute Gasteiger partial charge is 0.311 e. The Hall–Kier alpha value is -1.80. The molecule has 0 radical (unpaired) electrons. The van der Waals surface area contributed by atoms with Crippen molar-refractivity contribution in [2.45, 2.75) is 75.0 Å². The van der Waals surface area contributed by atoms with Crippen molar-refractivity contribution < 1.29 is 24.2 Å². The summed E-state index contributed by atoms with van der Waals surface area (Å²) >= 11 is 1.66. The minimum absolute atomic E-state index is 0.0319. The van der Waals surface area contributed by atoms with Gasteiger partial charge in [0.15, 0.2) is 0 Å². The fraction of sp³-hybridized carbons (Fsp3) is 0.731. The first kappa shape index (κ1) is 26.8. The molecule has 0 saturated carbocycles. The second kappa shape index (κ2) is 10.4. The van der Waals surface area contributed by atoms with E-state index in [1.54, 1.807) is 27.6 Å². The van der Waals surface area contributed by atoms with Crippen molar-refractivity contribution in [1.29, 1.82) is 0 Å². The van der Waals surface area contributed by atoms with Crippen LogP contribution in [0.4, 0.5) is 0 Å². The summed E-state index contributed by atoms with van der Waals surface area (Å²) in [6.45, 7) is 16.6. The molecule has 1 N–H and O–H groups in total. The van der Waals surface area contributed by atoms with Crippen molar-refractivity contribution in [3.63, 3.8) is 0 Å². The van der Waals surface area contributed by atoms with Crippen LogP contribution in [0.3, 0.4) is 0 Å². The summed E-state index contributed by atoms with van der Waals surface area (Å²) in [7, 11) is 0. The van der Waals surface area contributed by atoms with Crippen molar-refractivity contribution in [2.24, 2.45) is 17.8 Å². The fourth-order valence-electron chi connectivity index (χ4n) is 6.09. The second-order valence-electron chi connectivity index (χ2n) is 10.7. The van der Waals surface area contributed by atoms with E-state index in [0.29, 0.717) is 25.9 Å². The quantitative estimate of drug-likeness (QED) is 0.271. The van der Waals surface area contributed by atoms with Gasteiger partial charge in [-0.25, -0.2) is 0 Å². The monoisotopic (exact) mass is 492 g/mol. The zero-order valence-electron chi connectivity index (χ0n) is 21.0. The fourth-order valence-corrected chi connectivity index (χ4v) is 8.49. The first-order chi connectivity index (χ1) is 16.1. The van der Waals surface area contributed by atoms with E-state index < -0.39 is 28.2 Å². The third kappa shape index (κ3) is 4.43. The molecule has 190 valence electrons. The van der Waals surface area contributed by atoms with Crippen LogP contribution in [0.1, 0.15) is 53.4 Å². The normalized spacial score (nSPS) is 32.0. The Labute approximate surface area is 208 Å². The molecule has 8 heteroatoms. The number of unbranched alkanes of at least 4 members (excludes halogenated alkanes) is 2. The highest BCUT2D eigenvalue weighted by Crippen LogP contribution is 2.68. The summed E-state index contributed by atoms with van der Waals surface area (Å²) in [5.74, 6) is -1.56. The lowest BCUT2D eigenvalue weighted by Crippen LogP contribution is -2.60. The molecular formula is C26H40N2O5S. The molecule has 0 aliphatic carbocycles. The SMILES string of the molecule is C=CCOC(=O)[C@@H]1[C@@H]2CC(C)C3(S2)C(C(=O)N(CC=C)C(C)(C)C)N(CCCCCO)C(=O)[C@H]13. The molecule has 3 unspecified atom stereocenters. The van der Waals surface area contributed by atoms with Gasteiger partial charge in [0.25, 0.3) is 0 Å². The molecule has 1 spiro atoms. The van der Waals surface area contributed by atoms with Crippen LogP contribution in [0.25, 0.3) is 0 Å². The van der Waals surface area contributed by atoms with Gasteiger partial charge in [0.1, 0.15) is 12.6 Å². The zero-order chi connectivity index (χ0) is 25.3. The maximum Gasteiger partial charge on any atom is 0.311 e. The van der Waals surface area contributed by atoms with Crippen LogP contribution in [0.15, 0.2) is 25.3 Å². The van der Waals surface area contributed by atoms with Gasteiger partial charge in [0.2, 0.25) is 11.8 Å². The number of rotatable bonds is 11. The van der Waals surface area contributed by atoms with Crippen LogP contribution in [0, 0.1) is 17.8 Å². The lowest BCUT2D eigenvalue weighted by atomic mass is 9.66. The minimum Gasteiger partial charge on any atom is -0.461 e. The number of ether oxygens (including phenoxy) is 1. The summed E-state index contributed by atoms with van der Waals surface area (Å²) in [4.78, 5) is 44.8. The van der Waals surface area contributed by atoms with Gasteiger partial charge in [-0.3, -0.25) is 14.4 Å². The largest absolute Gasteiger partial charge is 0.461 e. The molecule has 2 amide bonds. The van der Waals surface area contributed by atoms with Crippen LogP contribution in [-0.4, -0.2) is 80.6 Å². The second-order valence-corrected chi connectivity index (χ2v) is 12.2. The van der Waals surface area contributed by atoms with E-state index in [2.05, 4.69) is 20.1 Å². The predicted molar refractivity (Wildman–Crippen MR) is 134 cm³/mol. The summed E-state index contributed by atoms with van der Waals surface area (Å²) in [6.07, 6.45) is 6.15. The van der Waals surface area contributed by atoms with Crippen LogP contribution < -0.4 is 0 Å². The third-order valence-corrected chi connectivity index (χ3v) is 9.62. The van der Waals surface area contributed by atoms with Crippen molar-refractivity contribution in [3.05, 3.63) is 25.3 Å². The lowest BCUT2D eigenvalue weighted by molar-refractivity contribution is -0.153. The van der Waals surface area contributed by atoms with E-state index in [4.69, 9.17) is 4.74 Å². The highest BCUT2D eigenvalue weighted by Gasteiger charge is 2.76. The molecule has 7 nitrogen and oxygen atoms in total. The van der Waals surface area contributed by atoms with Gasteiger partial charge in [-0.1, -0.05) is 25.7 Å². The van der Waals surface area contributed by atoms with Crippen molar-refractivity contribution in [2.75, 3.05) is 26.3 Å². The molecule has 0 aromatic heterocycles. The first-order valence-electron chi connectivity index (χ1n) is 12.3. The molecule has 3 fully saturated rings.